The first-order valence-corrected chi connectivity index (χ1v) is 4.91. The summed E-state index contributed by atoms with van der Waals surface area (Å²) in [7, 11) is 0. The maximum Gasteiger partial charge on any atom is 1.00 e. The Labute approximate surface area is 123 Å². The van der Waals surface area contributed by atoms with Gasteiger partial charge < -0.3 is 15.2 Å². The van der Waals surface area contributed by atoms with E-state index in [0.29, 0.717) is 5.56 Å². The van der Waals surface area contributed by atoms with Gasteiger partial charge in [0, 0.05) is 9.13 Å². The van der Waals surface area contributed by atoms with Gasteiger partial charge in [-0.1, -0.05) is 0 Å². The van der Waals surface area contributed by atoms with Crippen molar-refractivity contribution in [3.05, 3.63) is 33.4 Å². The van der Waals surface area contributed by atoms with Gasteiger partial charge in [-0.15, -0.1) is 0 Å². The fraction of sp³-hybridized carbons (Fsp3) is 0.111. The fourth-order valence-corrected chi connectivity index (χ4v) is 1.22. The molecule has 0 spiro atoms. The largest absolute Gasteiger partial charge is 1.00 e. The molecule has 1 amide bonds. The van der Waals surface area contributed by atoms with Crippen LogP contribution < -0.4 is 40.0 Å². The van der Waals surface area contributed by atoms with Crippen molar-refractivity contribution in [2.45, 2.75) is 0 Å². The molecule has 0 heterocycles. The Morgan fingerprint density at radius 1 is 1.27 bits per heavy atom. The van der Waals surface area contributed by atoms with Crippen LogP contribution in [0.3, 0.4) is 0 Å². The van der Waals surface area contributed by atoms with Crippen molar-refractivity contribution < 1.29 is 44.3 Å². The molecule has 0 aliphatic rings. The minimum Gasteiger partial charge on any atom is -0.548 e. The number of benzene rings is 1. The zero-order valence-electron chi connectivity index (χ0n) is 8.12. The van der Waals surface area contributed by atoms with Gasteiger partial charge in [-0.05, 0) is 46.9 Å². The molecule has 0 unspecified atom stereocenters. The standard InChI is InChI=1S/C9H8INO3.Na/c10-7-3-1-6(2-4-7)9(14)11-5-8(12)13;/h1-4H,5H2,(H,11,14)(H,12,13);/q;+1/p-1. The summed E-state index contributed by atoms with van der Waals surface area (Å²) in [6.07, 6.45) is 0. The number of halogens is 1. The zero-order valence-corrected chi connectivity index (χ0v) is 12.3. The molecule has 1 N–H and O–H groups in total. The van der Waals surface area contributed by atoms with Gasteiger partial charge in [0.05, 0.1) is 12.5 Å². The Hall–Kier alpha value is -0.110. The summed E-state index contributed by atoms with van der Waals surface area (Å²) in [6.45, 7) is -0.467. The van der Waals surface area contributed by atoms with Gasteiger partial charge in [0.25, 0.3) is 5.91 Å². The molecule has 0 bridgehead atoms. The van der Waals surface area contributed by atoms with Crippen molar-refractivity contribution in [1.29, 1.82) is 0 Å². The second-order valence-corrected chi connectivity index (χ2v) is 3.81. The van der Waals surface area contributed by atoms with E-state index in [1.165, 1.54) is 0 Å². The molecule has 0 saturated heterocycles. The van der Waals surface area contributed by atoms with E-state index in [1.54, 1.807) is 24.3 Å². The molecular formula is C9H7INNaO3. The van der Waals surface area contributed by atoms with Gasteiger partial charge in [-0.3, -0.25) is 4.79 Å². The molecule has 0 aliphatic carbocycles. The van der Waals surface area contributed by atoms with E-state index in [1.807, 2.05) is 0 Å². The normalized spacial score (nSPS) is 8.87. The van der Waals surface area contributed by atoms with Crippen LogP contribution in [-0.2, 0) is 4.79 Å². The number of carboxylic acids is 1. The number of rotatable bonds is 3. The van der Waals surface area contributed by atoms with Crippen LogP contribution in [0.25, 0.3) is 0 Å². The third-order valence-corrected chi connectivity index (χ3v) is 2.22. The maximum absolute atomic E-state index is 11.3. The van der Waals surface area contributed by atoms with Crippen molar-refractivity contribution in [1.82, 2.24) is 5.32 Å². The van der Waals surface area contributed by atoms with Crippen LogP contribution >= 0.6 is 22.6 Å². The van der Waals surface area contributed by atoms with Crippen LogP contribution in [-0.4, -0.2) is 18.4 Å². The predicted molar refractivity (Wildman–Crippen MR) is 56.5 cm³/mol. The summed E-state index contributed by atoms with van der Waals surface area (Å²) >= 11 is 2.12. The minimum atomic E-state index is -1.30. The van der Waals surface area contributed by atoms with E-state index in [-0.39, 0.29) is 29.6 Å². The summed E-state index contributed by atoms with van der Waals surface area (Å²) < 4.78 is 1.01. The Balaban J connectivity index is 0.00000196. The summed E-state index contributed by atoms with van der Waals surface area (Å²) in [6, 6.07) is 6.81. The molecule has 0 atom stereocenters. The number of aliphatic carboxylic acids is 1. The summed E-state index contributed by atoms with van der Waals surface area (Å²) in [4.78, 5) is 21.3. The van der Waals surface area contributed by atoms with E-state index < -0.39 is 18.4 Å². The van der Waals surface area contributed by atoms with E-state index in [4.69, 9.17) is 0 Å². The number of hydrogen-bond donors (Lipinski definition) is 1. The monoisotopic (exact) mass is 327 g/mol. The smallest absolute Gasteiger partial charge is 0.548 e. The number of carboxylic acid groups (broad SMARTS) is 1. The van der Waals surface area contributed by atoms with Crippen LogP contribution in [0.5, 0.6) is 0 Å². The maximum atomic E-state index is 11.3. The Kier molecular flexibility index (Phi) is 7.16. The summed E-state index contributed by atoms with van der Waals surface area (Å²) in [5.74, 6) is -1.71. The van der Waals surface area contributed by atoms with Crippen molar-refractivity contribution in [2.75, 3.05) is 6.54 Å². The zero-order chi connectivity index (χ0) is 10.6. The van der Waals surface area contributed by atoms with Crippen LogP contribution in [0, 0.1) is 3.57 Å². The van der Waals surface area contributed by atoms with Gasteiger partial charge in [-0.2, -0.15) is 0 Å². The molecule has 74 valence electrons. The molecule has 6 heteroatoms. The molecule has 4 nitrogen and oxygen atoms in total. The third-order valence-electron chi connectivity index (χ3n) is 1.50. The fourth-order valence-electron chi connectivity index (χ4n) is 0.856. The molecule has 1 aromatic rings. The molecule has 0 aromatic heterocycles. The number of carbonyl (C=O) groups excluding carboxylic acids is 2. The summed E-state index contributed by atoms with van der Waals surface area (Å²) in [5, 5.41) is 12.3. The molecular weight excluding hydrogens is 320 g/mol. The molecule has 1 rings (SSSR count). The van der Waals surface area contributed by atoms with Crippen LogP contribution in [0.1, 0.15) is 10.4 Å². The summed E-state index contributed by atoms with van der Waals surface area (Å²) in [5.41, 5.74) is 0.437. The molecule has 0 saturated carbocycles. The first kappa shape index (κ1) is 14.9. The van der Waals surface area contributed by atoms with Gasteiger partial charge in [0.15, 0.2) is 0 Å². The number of hydrogen-bond acceptors (Lipinski definition) is 3. The SMILES string of the molecule is O=C([O-])CNC(=O)c1ccc(I)cc1.[Na+]. The van der Waals surface area contributed by atoms with Crippen LogP contribution in [0.2, 0.25) is 0 Å². The number of carbonyl (C=O) groups is 2. The van der Waals surface area contributed by atoms with E-state index in [2.05, 4.69) is 27.9 Å². The molecule has 15 heavy (non-hydrogen) atoms. The van der Waals surface area contributed by atoms with Crippen molar-refractivity contribution in [3.8, 4) is 0 Å². The topological polar surface area (TPSA) is 69.2 Å². The first-order chi connectivity index (χ1) is 6.59. The van der Waals surface area contributed by atoms with Gasteiger partial charge in [0.2, 0.25) is 0 Å². The predicted octanol–water partition coefficient (Wildman–Crippen LogP) is -3.23. The third kappa shape index (κ3) is 5.50. The van der Waals surface area contributed by atoms with Crippen LogP contribution in [0.4, 0.5) is 0 Å². The van der Waals surface area contributed by atoms with Gasteiger partial charge in [-0.25, -0.2) is 0 Å². The van der Waals surface area contributed by atoms with Crippen molar-refractivity contribution in [3.63, 3.8) is 0 Å². The second-order valence-electron chi connectivity index (χ2n) is 2.56. The van der Waals surface area contributed by atoms with Gasteiger partial charge in [0.1, 0.15) is 0 Å². The first-order valence-electron chi connectivity index (χ1n) is 3.83. The average molecular weight is 327 g/mol. The van der Waals surface area contributed by atoms with E-state index >= 15 is 0 Å². The molecule has 0 fully saturated rings. The van der Waals surface area contributed by atoms with Crippen molar-refractivity contribution in [2.24, 2.45) is 0 Å². The Morgan fingerprint density at radius 3 is 2.27 bits per heavy atom. The molecule has 0 aliphatic heterocycles. The average Bonchev–Trinajstić information content (AvgIpc) is 2.15. The number of amides is 1. The molecule has 0 radical (unpaired) electrons. The minimum absolute atomic E-state index is 0. The van der Waals surface area contributed by atoms with E-state index in [9.17, 15) is 14.7 Å². The Morgan fingerprint density at radius 2 is 1.80 bits per heavy atom. The van der Waals surface area contributed by atoms with Gasteiger partial charge >= 0.3 is 29.6 Å². The number of nitrogens with one attached hydrogen (secondary N) is 1. The van der Waals surface area contributed by atoms with Crippen LogP contribution in [0.15, 0.2) is 24.3 Å². The van der Waals surface area contributed by atoms with Crippen molar-refractivity contribution >= 4 is 34.5 Å². The van der Waals surface area contributed by atoms with E-state index in [0.717, 1.165) is 3.57 Å². The Bertz CT molecular complexity index is 353. The quantitative estimate of drug-likeness (QED) is 0.469. The molecule has 1 aromatic carbocycles. The second kappa shape index (κ2) is 7.21.